The lowest BCUT2D eigenvalue weighted by molar-refractivity contribution is 0.846. The predicted molar refractivity (Wildman–Crippen MR) is 69.1 cm³/mol. The molecule has 0 unspecified atom stereocenters. The van der Waals surface area contributed by atoms with Gasteiger partial charge in [-0.15, -0.1) is 21.5 Å². The molecule has 0 saturated carbocycles. The number of thioether (sulfide) groups is 1. The second-order valence-electron chi connectivity index (χ2n) is 3.26. The Bertz CT molecular complexity index is 511. The van der Waals surface area contributed by atoms with Gasteiger partial charge in [0.05, 0.1) is 10.9 Å². The molecule has 2 N–H and O–H groups in total. The van der Waals surface area contributed by atoms with E-state index in [2.05, 4.69) is 16.3 Å². The van der Waals surface area contributed by atoms with E-state index in [1.807, 2.05) is 17.5 Å². The van der Waals surface area contributed by atoms with Gasteiger partial charge in [0.15, 0.2) is 5.82 Å². The molecule has 88 valence electrons. The van der Waals surface area contributed by atoms with Crippen molar-refractivity contribution in [3.8, 4) is 16.8 Å². The minimum absolute atomic E-state index is 0.559. The summed E-state index contributed by atoms with van der Waals surface area (Å²) in [5, 5.41) is 19.2. The van der Waals surface area contributed by atoms with Crippen LogP contribution in [0.4, 0.5) is 0 Å². The molecule has 2 rings (SSSR count). The van der Waals surface area contributed by atoms with Crippen LogP contribution in [0.5, 0.6) is 0 Å². The molecule has 0 spiro atoms. The summed E-state index contributed by atoms with van der Waals surface area (Å²) in [5.41, 5.74) is 0. The van der Waals surface area contributed by atoms with Gasteiger partial charge in [-0.05, 0) is 17.9 Å². The van der Waals surface area contributed by atoms with Crippen LogP contribution < -0.4 is 5.84 Å². The smallest absolute Gasteiger partial charge is 0.210 e. The number of nitrogen functional groups attached to an aromatic ring is 1. The Kier molecular flexibility index (Phi) is 4.01. The molecule has 0 aliphatic heterocycles. The second-order valence-corrected chi connectivity index (χ2v) is 5.27. The lowest BCUT2D eigenvalue weighted by Gasteiger charge is -2.00. The Balaban J connectivity index is 2.04. The minimum atomic E-state index is 0.559. The van der Waals surface area contributed by atoms with E-state index in [0.717, 1.165) is 17.1 Å². The van der Waals surface area contributed by atoms with Crippen molar-refractivity contribution in [1.82, 2.24) is 14.9 Å². The number of aromatic nitrogens is 3. The Labute approximate surface area is 107 Å². The molecule has 2 aromatic heterocycles. The third-order valence-corrected chi connectivity index (χ3v) is 3.97. The van der Waals surface area contributed by atoms with Gasteiger partial charge in [-0.1, -0.05) is 17.8 Å². The van der Waals surface area contributed by atoms with Crippen LogP contribution in [-0.4, -0.2) is 20.6 Å². The van der Waals surface area contributed by atoms with Crippen molar-refractivity contribution in [3.05, 3.63) is 17.5 Å². The lowest BCUT2D eigenvalue weighted by atomic mass is 10.4. The summed E-state index contributed by atoms with van der Waals surface area (Å²) in [6.07, 6.45) is 1.39. The maximum absolute atomic E-state index is 8.43. The Morgan fingerprint density at radius 1 is 1.53 bits per heavy atom. The highest BCUT2D eigenvalue weighted by Crippen LogP contribution is 2.25. The molecule has 0 aromatic carbocycles. The van der Waals surface area contributed by atoms with Crippen molar-refractivity contribution < 1.29 is 0 Å². The highest BCUT2D eigenvalue weighted by Gasteiger charge is 2.12. The first kappa shape index (κ1) is 12.0. The van der Waals surface area contributed by atoms with Crippen LogP contribution in [0.15, 0.2) is 22.7 Å². The van der Waals surface area contributed by atoms with Gasteiger partial charge in [-0.25, -0.2) is 4.68 Å². The van der Waals surface area contributed by atoms with Crippen molar-refractivity contribution >= 4 is 23.1 Å². The molecular formula is C10H11N5S2. The highest BCUT2D eigenvalue weighted by atomic mass is 32.2. The zero-order valence-corrected chi connectivity index (χ0v) is 10.7. The van der Waals surface area contributed by atoms with Crippen LogP contribution in [-0.2, 0) is 0 Å². The highest BCUT2D eigenvalue weighted by molar-refractivity contribution is 7.99. The summed E-state index contributed by atoms with van der Waals surface area (Å²) in [6, 6.07) is 6.02. The SMILES string of the molecule is N#CCCCSc1nnc(-c2cccs2)n1N. The molecule has 0 fully saturated rings. The van der Waals surface area contributed by atoms with Crippen LogP contribution in [0.2, 0.25) is 0 Å². The summed E-state index contributed by atoms with van der Waals surface area (Å²) >= 11 is 3.10. The van der Waals surface area contributed by atoms with Crippen LogP contribution in [0, 0.1) is 11.3 Å². The Morgan fingerprint density at radius 2 is 2.41 bits per heavy atom. The first-order valence-electron chi connectivity index (χ1n) is 5.07. The standard InChI is InChI=1S/C10H11N5S2/c11-5-1-2-6-17-10-14-13-9(15(10)12)8-4-3-7-16-8/h3-4,7H,1-2,6,12H2. The third kappa shape index (κ3) is 2.78. The molecule has 0 aliphatic carbocycles. The van der Waals surface area contributed by atoms with Crippen LogP contribution >= 0.6 is 23.1 Å². The average molecular weight is 265 g/mol. The van der Waals surface area contributed by atoms with Crippen LogP contribution in [0.1, 0.15) is 12.8 Å². The van der Waals surface area contributed by atoms with Crippen molar-refractivity contribution in [1.29, 1.82) is 5.26 Å². The minimum Gasteiger partial charge on any atom is -0.335 e. The fourth-order valence-corrected chi connectivity index (χ4v) is 2.76. The van der Waals surface area contributed by atoms with Gasteiger partial charge < -0.3 is 5.84 Å². The summed E-state index contributed by atoms with van der Waals surface area (Å²) in [5.74, 6) is 7.43. The Morgan fingerprint density at radius 3 is 3.12 bits per heavy atom. The lowest BCUT2D eigenvalue weighted by Crippen LogP contribution is -2.11. The van der Waals surface area contributed by atoms with E-state index in [4.69, 9.17) is 11.1 Å². The van der Waals surface area contributed by atoms with Gasteiger partial charge in [0, 0.05) is 12.2 Å². The fourth-order valence-electron chi connectivity index (χ4n) is 1.26. The van der Waals surface area contributed by atoms with Gasteiger partial charge in [0.2, 0.25) is 5.16 Å². The topological polar surface area (TPSA) is 80.5 Å². The second kappa shape index (κ2) is 5.70. The maximum atomic E-state index is 8.43. The van der Waals surface area contributed by atoms with Gasteiger partial charge in [-0.3, -0.25) is 0 Å². The van der Waals surface area contributed by atoms with E-state index in [0.29, 0.717) is 17.4 Å². The van der Waals surface area contributed by atoms with E-state index in [1.165, 1.54) is 16.4 Å². The van der Waals surface area contributed by atoms with Crippen molar-refractivity contribution in [2.45, 2.75) is 18.0 Å². The largest absolute Gasteiger partial charge is 0.335 e. The van der Waals surface area contributed by atoms with Crippen molar-refractivity contribution in [2.24, 2.45) is 0 Å². The molecule has 0 amide bonds. The molecule has 0 saturated heterocycles. The molecule has 5 nitrogen and oxygen atoms in total. The molecule has 17 heavy (non-hydrogen) atoms. The maximum Gasteiger partial charge on any atom is 0.210 e. The van der Waals surface area contributed by atoms with E-state index in [-0.39, 0.29) is 0 Å². The van der Waals surface area contributed by atoms with Gasteiger partial charge in [0.25, 0.3) is 0 Å². The first-order chi connectivity index (χ1) is 8.33. The molecule has 0 bridgehead atoms. The summed E-state index contributed by atoms with van der Waals surface area (Å²) in [7, 11) is 0. The molecule has 7 heteroatoms. The van der Waals surface area contributed by atoms with Crippen molar-refractivity contribution in [2.75, 3.05) is 11.6 Å². The van der Waals surface area contributed by atoms with Crippen LogP contribution in [0.25, 0.3) is 10.7 Å². The number of nitriles is 1. The molecule has 2 aromatic rings. The monoisotopic (exact) mass is 265 g/mol. The van der Waals surface area contributed by atoms with E-state index in [1.54, 1.807) is 11.3 Å². The van der Waals surface area contributed by atoms with E-state index >= 15 is 0 Å². The van der Waals surface area contributed by atoms with Gasteiger partial charge in [0.1, 0.15) is 0 Å². The normalized spacial score (nSPS) is 10.3. The molecule has 0 radical (unpaired) electrons. The molecule has 2 heterocycles. The van der Waals surface area contributed by atoms with Gasteiger partial charge >= 0.3 is 0 Å². The fraction of sp³-hybridized carbons (Fsp3) is 0.300. The Hall–Kier alpha value is -1.52. The quantitative estimate of drug-likeness (QED) is 0.509. The number of nitrogens with two attached hydrogens (primary N) is 1. The number of unbranched alkanes of at least 4 members (excludes halogenated alkanes) is 1. The molecule has 0 atom stereocenters. The number of hydrogen-bond donors (Lipinski definition) is 1. The zero-order chi connectivity index (χ0) is 12.1. The zero-order valence-electron chi connectivity index (χ0n) is 9.04. The summed E-state index contributed by atoms with van der Waals surface area (Å²) in [4.78, 5) is 1.00. The summed E-state index contributed by atoms with van der Waals surface area (Å²) < 4.78 is 1.50. The number of nitrogens with zero attached hydrogens (tertiary/aromatic N) is 4. The van der Waals surface area contributed by atoms with Gasteiger partial charge in [-0.2, -0.15) is 5.26 Å². The predicted octanol–water partition coefficient (Wildman–Crippen LogP) is 2.12. The van der Waals surface area contributed by atoms with E-state index < -0.39 is 0 Å². The average Bonchev–Trinajstić information content (AvgIpc) is 2.95. The third-order valence-electron chi connectivity index (χ3n) is 2.07. The summed E-state index contributed by atoms with van der Waals surface area (Å²) in [6.45, 7) is 0. The molecular weight excluding hydrogens is 254 g/mol. The number of hydrogen-bond acceptors (Lipinski definition) is 6. The molecule has 0 aliphatic rings. The van der Waals surface area contributed by atoms with Crippen molar-refractivity contribution in [3.63, 3.8) is 0 Å². The van der Waals surface area contributed by atoms with E-state index in [9.17, 15) is 0 Å². The number of thiophene rings is 1. The first-order valence-corrected chi connectivity index (χ1v) is 6.93. The van der Waals surface area contributed by atoms with Crippen LogP contribution in [0.3, 0.4) is 0 Å². The number of rotatable bonds is 5.